The van der Waals surface area contributed by atoms with E-state index < -0.39 is 0 Å². The molecule has 3 unspecified atom stereocenters. The van der Waals surface area contributed by atoms with Gasteiger partial charge in [-0.05, 0) is 53.2 Å². The van der Waals surface area contributed by atoms with Crippen LogP contribution in [0.4, 0.5) is 5.69 Å². The largest absolute Gasteiger partial charge is 0.485 e. The standard InChI is InChI=1S/C14H18BrNO/c1-2-9-6-7-13-12(8-9)16-11-5-3-4-10(15)14(11)17-13/h3-5,9,12-13,16H,2,6-8H2,1H3. The summed E-state index contributed by atoms with van der Waals surface area (Å²) >= 11 is 3.56. The predicted octanol–water partition coefficient (Wildman–Crippen LogP) is 4.20. The van der Waals surface area contributed by atoms with Crippen molar-refractivity contribution in [3.8, 4) is 5.75 Å². The van der Waals surface area contributed by atoms with E-state index in [1.54, 1.807) is 0 Å². The molecule has 0 bridgehead atoms. The molecule has 1 fully saturated rings. The first kappa shape index (κ1) is 11.4. The molecule has 1 N–H and O–H groups in total. The van der Waals surface area contributed by atoms with Crippen molar-refractivity contribution in [1.82, 2.24) is 0 Å². The molecule has 17 heavy (non-hydrogen) atoms. The Morgan fingerprint density at radius 2 is 2.29 bits per heavy atom. The molecule has 1 heterocycles. The smallest absolute Gasteiger partial charge is 0.157 e. The molecular formula is C14H18BrNO. The molecule has 0 saturated heterocycles. The highest BCUT2D eigenvalue weighted by Crippen LogP contribution is 2.42. The summed E-state index contributed by atoms with van der Waals surface area (Å²) in [5.41, 5.74) is 1.14. The van der Waals surface area contributed by atoms with Crippen LogP contribution >= 0.6 is 15.9 Å². The fraction of sp³-hybridized carbons (Fsp3) is 0.571. The van der Waals surface area contributed by atoms with Gasteiger partial charge in [0.25, 0.3) is 0 Å². The van der Waals surface area contributed by atoms with Crippen LogP contribution in [0.1, 0.15) is 32.6 Å². The minimum Gasteiger partial charge on any atom is -0.485 e. The molecule has 2 aliphatic rings. The molecule has 1 aromatic rings. The number of ether oxygens (including phenoxy) is 1. The molecule has 3 atom stereocenters. The van der Waals surface area contributed by atoms with E-state index in [1.807, 2.05) is 6.07 Å². The van der Waals surface area contributed by atoms with Crippen molar-refractivity contribution < 1.29 is 4.74 Å². The second-order valence-electron chi connectivity index (χ2n) is 5.11. The second kappa shape index (κ2) is 4.52. The zero-order valence-electron chi connectivity index (χ0n) is 10.1. The van der Waals surface area contributed by atoms with Crippen LogP contribution in [0.3, 0.4) is 0 Å². The summed E-state index contributed by atoms with van der Waals surface area (Å²) in [5.74, 6) is 1.85. The maximum atomic E-state index is 6.15. The molecule has 3 rings (SSSR count). The maximum absolute atomic E-state index is 6.15. The molecule has 0 aromatic heterocycles. The molecule has 1 aromatic carbocycles. The van der Waals surface area contributed by atoms with E-state index in [0.717, 1.165) is 21.8 Å². The number of nitrogens with one attached hydrogen (secondary N) is 1. The molecule has 0 spiro atoms. The van der Waals surface area contributed by atoms with Gasteiger partial charge >= 0.3 is 0 Å². The Morgan fingerprint density at radius 3 is 3.12 bits per heavy atom. The minimum absolute atomic E-state index is 0.351. The van der Waals surface area contributed by atoms with E-state index in [2.05, 4.69) is 40.3 Å². The Balaban J connectivity index is 1.85. The van der Waals surface area contributed by atoms with Crippen LogP contribution < -0.4 is 10.1 Å². The molecule has 1 aliphatic carbocycles. The van der Waals surface area contributed by atoms with Gasteiger partial charge in [-0.15, -0.1) is 0 Å². The lowest BCUT2D eigenvalue weighted by atomic mass is 9.81. The van der Waals surface area contributed by atoms with Gasteiger partial charge in [-0.2, -0.15) is 0 Å². The molecular weight excluding hydrogens is 278 g/mol. The van der Waals surface area contributed by atoms with Crippen LogP contribution in [0.25, 0.3) is 0 Å². The lowest BCUT2D eigenvalue weighted by molar-refractivity contribution is 0.106. The summed E-state index contributed by atoms with van der Waals surface area (Å²) in [6.45, 7) is 2.29. The lowest BCUT2D eigenvalue weighted by Crippen LogP contribution is -2.45. The van der Waals surface area contributed by atoms with Gasteiger partial charge in [0.15, 0.2) is 5.75 Å². The fourth-order valence-corrected chi connectivity index (χ4v) is 3.45. The SMILES string of the molecule is CCC1CCC2Oc3c(Br)cccc3NC2C1. The number of hydrogen-bond acceptors (Lipinski definition) is 2. The molecule has 0 radical (unpaired) electrons. The Labute approximate surface area is 111 Å². The molecule has 1 aliphatic heterocycles. The van der Waals surface area contributed by atoms with Crippen LogP contribution in [0.15, 0.2) is 22.7 Å². The quantitative estimate of drug-likeness (QED) is 0.838. The summed E-state index contributed by atoms with van der Waals surface area (Å²) in [6, 6.07) is 6.69. The van der Waals surface area contributed by atoms with Gasteiger partial charge in [-0.1, -0.05) is 19.4 Å². The molecule has 0 amide bonds. The van der Waals surface area contributed by atoms with Gasteiger partial charge in [-0.25, -0.2) is 0 Å². The zero-order valence-corrected chi connectivity index (χ0v) is 11.7. The van der Waals surface area contributed by atoms with Gasteiger partial charge < -0.3 is 10.1 Å². The minimum atomic E-state index is 0.351. The molecule has 2 nitrogen and oxygen atoms in total. The van der Waals surface area contributed by atoms with E-state index in [1.165, 1.54) is 25.7 Å². The summed E-state index contributed by atoms with van der Waals surface area (Å²) in [4.78, 5) is 0. The number of halogens is 1. The summed E-state index contributed by atoms with van der Waals surface area (Å²) in [6.07, 6.45) is 5.36. The Bertz CT molecular complexity index is 421. The molecule has 3 heteroatoms. The number of hydrogen-bond donors (Lipinski definition) is 1. The van der Waals surface area contributed by atoms with Crippen LogP contribution in [-0.2, 0) is 0 Å². The first-order valence-electron chi connectivity index (χ1n) is 6.49. The third-order valence-corrected chi connectivity index (χ3v) is 4.67. The van der Waals surface area contributed by atoms with Gasteiger partial charge in [0.2, 0.25) is 0 Å². The Hall–Kier alpha value is -0.700. The van der Waals surface area contributed by atoms with Gasteiger partial charge in [0, 0.05) is 0 Å². The third-order valence-electron chi connectivity index (χ3n) is 4.05. The van der Waals surface area contributed by atoms with Crippen molar-refractivity contribution in [2.45, 2.75) is 44.8 Å². The normalized spacial score (nSPS) is 30.8. The fourth-order valence-electron chi connectivity index (χ4n) is 2.99. The van der Waals surface area contributed by atoms with Crippen molar-refractivity contribution in [2.75, 3.05) is 5.32 Å². The highest BCUT2D eigenvalue weighted by molar-refractivity contribution is 9.10. The summed E-state index contributed by atoms with van der Waals surface area (Å²) < 4.78 is 7.20. The van der Waals surface area contributed by atoms with Gasteiger partial charge in [0.1, 0.15) is 6.10 Å². The zero-order chi connectivity index (χ0) is 11.8. The monoisotopic (exact) mass is 295 g/mol. The highest BCUT2D eigenvalue weighted by atomic mass is 79.9. The van der Waals surface area contributed by atoms with E-state index in [-0.39, 0.29) is 0 Å². The van der Waals surface area contributed by atoms with Crippen LogP contribution in [0.2, 0.25) is 0 Å². The topological polar surface area (TPSA) is 21.3 Å². The van der Waals surface area contributed by atoms with Crippen LogP contribution in [0.5, 0.6) is 5.75 Å². The molecule has 92 valence electrons. The molecule has 1 saturated carbocycles. The van der Waals surface area contributed by atoms with Gasteiger partial charge in [-0.3, -0.25) is 0 Å². The average molecular weight is 296 g/mol. The van der Waals surface area contributed by atoms with Crippen molar-refractivity contribution in [2.24, 2.45) is 5.92 Å². The van der Waals surface area contributed by atoms with Gasteiger partial charge in [0.05, 0.1) is 16.2 Å². The van der Waals surface area contributed by atoms with Crippen molar-refractivity contribution in [3.05, 3.63) is 22.7 Å². The van der Waals surface area contributed by atoms with Crippen LogP contribution in [0, 0.1) is 5.92 Å². The van der Waals surface area contributed by atoms with E-state index >= 15 is 0 Å². The number of anilines is 1. The number of rotatable bonds is 1. The van der Waals surface area contributed by atoms with E-state index in [9.17, 15) is 0 Å². The van der Waals surface area contributed by atoms with Crippen LogP contribution in [-0.4, -0.2) is 12.1 Å². The third kappa shape index (κ3) is 2.05. The van der Waals surface area contributed by atoms with E-state index in [4.69, 9.17) is 4.74 Å². The number of para-hydroxylation sites is 1. The first-order valence-corrected chi connectivity index (χ1v) is 7.29. The number of fused-ring (bicyclic) bond motifs is 2. The lowest BCUT2D eigenvalue weighted by Gasteiger charge is -2.41. The summed E-state index contributed by atoms with van der Waals surface area (Å²) in [5, 5.41) is 3.65. The average Bonchev–Trinajstić information content (AvgIpc) is 2.36. The number of benzene rings is 1. The predicted molar refractivity (Wildman–Crippen MR) is 73.6 cm³/mol. The maximum Gasteiger partial charge on any atom is 0.157 e. The Morgan fingerprint density at radius 1 is 1.41 bits per heavy atom. The Kier molecular flexibility index (Phi) is 3.03. The van der Waals surface area contributed by atoms with E-state index in [0.29, 0.717) is 12.1 Å². The second-order valence-corrected chi connectivity index (χ2v) is 5.97. The first-order chi connectivity index (χ1) is 8.28. The van der Waals surface area contributed by atoms with Crippen molar-refractivity contribution >= 4 is 21.6 Å². The van der Waals surface area contributed by atoms with Crippen molar-refractivity contribution in [1.29, 1.82) is 0 Å². The van der Waals surface area contributed by atoms with Crippen molar-refractivity contribution in [3.63, 3.8) is 0 Å². The highest BCUT2D eigenvalue weighted by Gasteiger charge is 2.35. The summed E-state index contributed by atoms with van der Waals surface area (Å²) in [7, 11) is 0.